The molecule has 1 aliphatic heterocycles. The summed E-state index contributed by atoms with van der Waals surface area (Å²) in [6.45, 7) is 7.42. The summed E-state index contributed by atoms with van der Waals surface area (Å²) in [7, 11) is 0. The number of nitrogen functional groups attached to an aromatic ring is 1. The van der Waals surface area contributed by atoms with Crippen LogP contribution in [0.5, 0.6) is 0 Å². The van der Waals surface area contributed by atoms with Crippen LogP contribution in [-0.2, 0) is 4.79 Å². The number of rotatable bonds is 3. The van der Waals surface area contributed by atoms with Gasteiger partial charge in [0.05, 0.1) is 11.4 Å². The second-order valence-corrected chi connectivity index (χ2v) is 5.60. The van der Waals surface area contributed by atoms with Crippen molar-refractivity contribution in [1.29, 1.82) is 0 Å². The Kier molecular flexibility index (Phi) is 4.06. The fourth-order valence-corrected chi connectivity index (χ4v) is 2.53. The summed E-state index contributed by atoms with van der Waals surface area (Å²) in [5.74, 6) is -0.174. The molecule has 1 aromatic rings. The van der Waals surface area contributed by atoms with Crippen LogP contribution in [0.1, 0.15) is 31.1 Å². The molecule has 6 heteroatoms. The Hall–Kier alpha value is -2.24. The van der Waals surface area contributed by atoms with E-state index in [0.29, 0.717) is 30.9 Å². The Labute approximate surface area is 124 Å². The third-order valence-corrected chi connectivity index (χ3v) is 3.77. The van der Waals surface area contributed by atoms with Gasteiger partial charge < -0.3 is 21.3 Å². The van der Waals surface area contributed by atoms with Gasteiger partial charge in [-0.1, -0.05) is 0 Å². The molecule has 0 aliphatic carbocycles. The van der Waals surface area contributed by atoms with Gasteiger partial charge in [0.2, 0.25) is 5.91 Å². The predicted molar refractivity (Wildman–Crippen MR) is 83.3 cm³/mol. The number of nitrogens with zero attached hydrogens (tertiary/aromatic N) is 1. The molecule has 0 atom stereocenters. The van der Waals surface area contributed by atoms with Gasteiger partial charge in [-0.25, -0.2) is 0 Å². The van der Waals surface area contributed by atoms with Crippen LogP contribution in [0.3, 0.4) is 0 Å². The van der Waals surface area contributed by atoms with Gasteiger partial charge in [-0.05, 0) is 39.0 Å². The van der Waals surface area contributed by atoms with Gasteiger partial charge in [-0.3, -0.25) is 9.59 Å². The van der Waals surface area contributed by atoms with Gasteiger partial charge in [0.25, 0.3) is 5.91 Å². The monoisotopic (exact) mass is 290 g/mol. The molecule has 1 aromatic carbocycles. The van der Waals surface area contributed by atoms with Gasteiger partial charge >= 0.3 is 0 Å². The Bertz CT molecular complexity index is 569. The molecule has 114 valence electrons. The minimum Gasteiger partial charge on any atom is -0.397 e. The largest absolute Gasteiger partial charge is 0.397 e. The maximum absolute atomic E-state index is 12.0. The van der Waals surface area contributed by atoms with Gasteiger partial charge in [-0.2, -0.15) is 0 Å². The van der Waals surface area contributed by atoms with E-state index in [1.807, 2.05) is 25.7 Å². The van der Waals surface area contributed by atoms with Crippen LogP contribution in [0.25, 0.3) is 0 Å². The van der Waals surface area contributed by atoms with Crippen molar-refractivity contribution in [2.75, 3.05) is 30.3 Å². The minimum absolute atomic E-state index is 0.0269. The lowest BCUT2D eigenvalue weighted by Gasteiger charge is -2.43. The first-order chi connectivity index (χ1) is 9.87. The predicted octanol–water partition coefficient (Wildman–Crippen LogP) is 0.733. The highest BCUT2D eigenvalue weighted by atomic mass is 16.2. The van der Waals surface area contributed by atoms with Crippen molar-refractivity contribution in [2.45, 2.75) is 26.3 Å². The zero-order valence-electron chi connectivity index (χ0n) is 12.7. The molecule has 0 spiro atoms. The number of benzene rings is 1. The number of piperazine rings is 1. The molecular formula is C15H22N4O2. The number of hydrogen-bond donors (Lipinski definition) is 3. The number of carbonyl (C=O) groups is 2. The second-order valence-electron chi connectivity index (χ2n) is 5.60. The van der Waals surface area contributed by atoms with E-state index in [4.69, 9.17) is 5.73 Å². The number of nitrogens with two attached hydrogens (primary N) is 1. The Morgan fingerprint density at radius 2 is 2.19 bits per heavy atom. The van der Waals surface area contributed by atoms with Crippen molar-refractivity contribution < 1.29 is 9.59 Å². The lowest BCUT2D eigenvalue weighted by molar-refractivity contribution is -0.126. The van der Waals surface area contributed by atoms with Crippen molar-refractivity contribution in [1.82, 2.24) is 10.6 Å². The normalized spacial score (nSPS) is 17.3. The summed E-state index contributed by atoms with van der Waals surface area (Å²) in [6.07, 6.45) is 0. The fraction of sp³-hybridized carbons (Fsp3) is 0.467. The molecular weight excluding hydrogens is 268 g/mol. The average Bonchev–Trinajstić information content (AvgIpc) is 2.42. The molecule has 6 nitrogen and oxygen atoms in total. The summed E-state index contributed by atoms with van der Waals surface area (Å²) in [5.41, 5.74) is 7.24. The molecule has 2 amide bonds. The van der Waals surface area contributed by atoms with Crippen molar-refractivity contribution >= 4 is 23.2 Å². The van der Waals surface area contributed by atoms with Gasteiger partial charge in [0.15, 0.2) is 0 Å². The Balaban J connectivity index is 2.32. The molecule has 4 N–H and O–H groups in total. The third-order valence-electron chi connectivity index (χ3n) is 3.77. The molecule has 0 radical (unpaired) electrons. The van der Waals surface area contributed by atoms with Crippen molar-refractivity contribution in [3.8, 4) is 0 Å². The standard InChI is InChI=1S/C15H22N4O2/c1-4-17-13(20)10-5-6-12(11(16)9-10)19-8-7-18-14(21)15(19,2)3/h5-6,9H,4,7-8,16H2,1-3H3,(H,17,20)(H,18,21). The highest BCUT2D eigenvalue weighted by Crippen LogP contribution is 2.31. The van der Waals surface area contributed by atoms with E-state index in [1.165, 1.54) is 0 Å². The maximum Gasteiger partial charge on any atom is 0.251 e. The van der Waals surface area contributed by atoms with Crippen LogP contribution in [0.4, 0.5) is 11.4 Å². The molecule has 2 rings (SSSR count). The molecule has 0 aromatic heterocycles. The maximum atomic E-state index is 12.0. The molecule has 21 heavy (non-hydrogen) atoms. The van der Waals surface area contributed by atoms with Crippen molar-refractivity contribution in [2.24, 2.45) is 0 Å². The zero-order chi connectivity index (χ0) is 15.6. The lowest BCUT2D eigenvalue weighted by atomic mass is 9.97. The van der Waals surface area contributed by atoms with E-state index in [9.17, 15) is 9.59 Å². The first-order valence-corrected chi connectivity index (χ1v) is 7.11. The van der Waals surface area contributed by atoms with Crippen LogP contribution in [-0.4, -0.2) is 37.0 Å². The average molecular weight is 290 g/mol. The number of amides is 2. The number of nitrogens with one attached hydrogen (secondary N) is 2. The van der Waals surface area contributed by atoms with Crippen molar-refractivity contribution in [3.05, 3.63) is 23.8 Å². The van der Waals surface area contributed by atoms with Gasteiger partial charge in [-0.15, -0.1) is 0 Å². The first-order valence-electron chi connectivity index (χ1n) is 7.11. The number of carbonyl (C=O) groups excluding carboxylic acids is 2. The minimum atomic E-state index is -0.667. The third kappa shape index (κ3) is 2.79. The summed E-state index contributed by atoms with van der Waals surface area (Å²) in [6, 6.07) is 5.20. The molecule has 0 bridgehead atoms. The summed E-state index contributed by atoms with van der Waals surface area (Å²) in [5, 5.41) is 5.59. The Morgan fingerprint density at radius 3 is 2.81 bits per heavy atom. The molecule has 1 heterocycles. The van der Waals surface area contributed by atoms with E-state index in [-0.39, 0.29) is 11.8 Å². The van der Waals surface area contributed by atoms with E-state index in [2.05, 4.69) is 10.6 Å². The zero-order valence-corrected chi connectivity index (χ0v) is 12.7. The van der Waals surface area contributed by atoms with Gasteiger partial charge in [0, 0.05) is 25.2 Å². The van der Waals surface area contributed by atoms with Crippen molar-refractivity contribution in [3.63, 3.8) is 0 Å². The van der Waals surface area contributed by atoms with E-state index in [0.717, 1.165) is 5.69 Å². The summed E-state index contributed by atoms with van der Waals surface area (Å²) >= 11 is 0. The topological polar surface area (TPSA) is 87.5 Å². The molecule has 1 aliphatic rings. The lowest BCUT2D eigenvalue weighted by Crippen LogP contribution is -2.62. The van der Waals surface area contributed by atoms with Gasteiger partial charge in [0.1, 0.15) is 5.54 Å². The highest BCUT2D eigenvalue weighted by molar-refractivity contribution is 5.97. The highest BCUT2D eigenvalue weighted by Gasteiger charge is 2.38. The first kappa shape index (κ1) is 15.2. The number of anilines is 2. The molecule has 1 saturated heterocycles. The van der Waals surface area contributed by atoms with Crippen LogP contribution in [0, 0.1) is 0 Å². The molecule has 0 saturated carbocycles. The van der Waals surface area contributed by atoms with Crippen LogP contribution >= 0.6 is 0 Å². The SMILES string of the molecule is CCNC(=O)c1ccc(N2CCNC(=O)C2(C)C)c(N)c1. The quantitative estimate of drug-likeness (QED) is 0.716. The summed E-state index contributed by atoms with van der Waals surface area (Å²) < 4.78 is 0. The van der Waals surface area contributed by atoms with Crippen LogP contribution < -0.4 is 21.3 Å². The summed E-state index contributed by atoms with van der Waals surface area (Å²) in [4.78, 5) is 25.8. The fourth-order valence-electron chi connectivity index (χ4n) is 2.53. The van der Waals surface area contributed by atoms with Crippen LogP contribution in [0.2, 0.25) is 0 Å². The number of hydrogen-bond acceptors (Lipinski definition) is 4. The Morgan fingerprint density at radius 1 is 1.48 bits per heavy atom. The van der Waals surface area contributed by atoms with E-state index in [1.54, 1.807) is 18.2 Å². The van der Waals surface area contributed by atoms with Crippen LogP contribution in [0.15, 0.2) is 18.2 Å². The smallest absolute Gasteiger partial charge is 0.251 e. The van der Waals surface area contributed by atoms with E-state index < -0.39 is 5.54 Å². The van der Waals surface area contributed by atoms with E-state index >= 15 is 0 Å². The second kappa shape index (κ2) is 5.63. The molecule has 0 unspecified atom stereocenters. The molecule has 1 fully saturated rings.